The largest absolute Gasteiger partial charge is 0.481 e. The smallest absolute Gasteiger partial charge is 0.306 e. The van der Waals surface area contributed by atoms with E-state index in [1.54, 1.807) is 6.92 Å². The molecule has 0 fully saturated rings. The summed E-state index contributed by atoms with van der Waals surface area (Å²) in [6.07, 6.45) is 3.67. The fraction of sp³-hybridized carbons (Fsp3) is 0.857. The van der Waals surface area contributed by atoms with Gasteiger partial charge in [-0.05, 0) is 24.7 Å². The van der Waals surface area contributed by atoms with E-state index in [9.17, 15) is 9.59 Å². The van der Waals surface area contributed by atoms with Crippen molar-refractivity contribution in [2.75, 3.05) is 0 Å². The molecule has 0 saturated heterocycles. The van der Waals surface area contributed by atoms with Crippen LogP contribution in [-0.4, -0.2) is 22.2 Å². The second-order valence-corrected chi connectivity index (χ2v) is 5.92. The molecule has 0 heterocycles. The highest BCUT2D eigenvalue weighted by Crippen LogP contribution is 2.29. The Labute approximate surface area is 109 Å². The van der Waals surface area contributed by atoms with Crippen molar-refractivity contribution in [3.05, 3.63) is 0 Å². The zero-order chi connectivity index (χ0) is 14.3. The van der Waals surface area contributed by atoms with Crippen LogP contribution in [0.3, 0.4) is 0 Å². The van der Waals surface area contributed by atoms with E-state index in [1.807, 2.05) is 0 Å². The SMILES string of the molecule is CCC(C)(C)CCCC(CC(C)C(=O)O)C(=O)O. The average Bonchev–Trinajstić information content (AvgIpc) is 2.26. The maximum Gasteiger partial charge on any atom is 0.306 e. The average molecular weight is 258 g/mol. The summed E-state index contributed by atoms with van der Waals surface area (Å²) in [6.45, 7) is 8.03. The highest BCUT2D eigenvalue weighted by molar-refractivity contribution is 5.73. The van der Waals surface area contributed by atoms with E-state index in [2.05, 4.69) is 20.8 Å². The normalized spacial score (nSPS) is 15.1. The molecule has 0 aromatic carbocycles. The Hall–Kier alpha value is -1.06. The molecular weight excluding hydrogens is 232 g/mol. The van der Waals surface area contributed by atoms with E-state index in [0.29, 0.717) is 6.42 Å². The molecule has 0 aliphatic heterocycles. The monoisotopic (exact) mass is 258 g/mol. The molecule has 0 aromatic rings. The molecule has 2 atom stereocenters. The van der Waals surface area contributed by atoms with Crippen LogP contribution in [0.2, 0.25) is 0 Å². The van der Waals surface area contributed by atoms with Crippen molar-refractivity contribution in [2.45, 2.75) is 59.8 Å². The Morgan fingerprint density at radius 2 is 1.72 bits per heavy atom. The van der Waals surface area contributed by atoms with Gasteiger partial charge in [0.25, 0.3) is 0 Å². The van der Waals surface area contributed by atoms with Crippen LogP contribution in [0.4, 0.5) is 0 Å². The van der Waals surface area contributed by atoms with Gasteiger partial charge >= 0.3 is 11.9 Å². The Balaban J connectivity index is 4.22. The Morgan fingerprint density at radius 3 is 2.11 bits per heavy atom. The molecule has 0 aliphatic rings. The summed E-state index contributed by atoms with van der Waals surface area (Å²) in [4.78, 5) is 21.8. The van der Waals surface area contributed by atoms with Gasteiger partial charge in [0.15, 0.2) is 0 Å². The minimum atomic E-state index is -0.921. The second kappa shape index (κ2) is 7.39. The zero-order valence-electron chi connectivity index (χ0n) is 11.9. The number of carboxylic acid groups (broad SMARTS) is 2. The molecule has 0 aromatic heterocycles. The minimum Gasteiger partial charge on any atom is -0.481 e. The minimum absolute atomic E-state index is 0.219. The molecule has 2 N–H and O–H groups in total. The summed E-state index contributed by atoms with van der Waals surface area (Å²) in [5, 5.41) is 17.9. The summed E-state index contributed by atoms with van der Waals surface area (Å²) in [6, 6.07) is 0. The second-order valence-electron chi connectivity index (χ2n) is 5.92. The van der Waals surface area contributed by atoms with Gasteiger partial charge in [-0.3, -0.25) is 9.59 Å². The standard InChI is InChI=1S/C14H26O4/c1-5-14(3,4)8-6-7-11(13(17)18)9-10(2)12(15)16/h10-11H,5-9H2,1-4H3,(H,15,16)(H,17,18). The molecule has 0 spiro atoms. The third-order valence-corrected chi connectivity index (χ3v) is 3.77. The van der Waals surface area contributed by atoms with Crippen LogP contribution in [0.5, 0.6) is 0 Å². The summed E-state index contributed by atoms with van der Waals surface area (Å²) >= 11 is 0. The lowest BCUT2D eigenvalue weighted by Gasteiger charge is -2.23. The van der Waals surface area contributed by atoms with Crippen LogP contribution in [-0.2, 0) is 9.59 Å². The van der Waals surface area contributed by atoms with Crippen LogP contribution < -0.4 is 0 Å². The molecule has 0 bridgehead atoms. The van der Waals surface area contributed by atoms with E-state index in [4.69, 9.17) is 10.2 Å². The predicted octanol–water partition coefficient (Wildman–Crippen LogP) is 3.40. The first kappa shape index (κ1) is 16.9. The molecule has 0 saturated carbocycles. The van der Waals surface area contributed by atoms with Crippen LogP contribution in [0.25, 0.3) is 0 Å². The molecule has 18 heavy (non-hydrogen) atoms. The van der Waals surface area contributed by atoms with Gasteiger partial charge in [-0.1, -0.05) is 40.5 Å². The third-order valence-electron chi connectivity index (χ3n) is 3.77. The Morgan fingerprint density at radius 1 is 1.17 bits per heavy atom. The maximum absolute atomic E-state index is 11.1. The molecule has 106 valence electrons. The number of hydrogen-bond acceptors (Lipinski definition) is 2. The van der Waals surface area contributed by atoms with E-state index in [1.165, 1.54) is 0 Å². The molecule has 0 amide bonds. The fourth-order valence-electron chi connectivity index (χ4n) is 1.87. The van der Waals surface area contributed by atoms with E-state index < -0.39 is 23.8 Å². The van der Waals surface area contributed by atoms with E-state index >= 15 is 0 Å². The summed E-state index contributed by atoms with van der Waals surface area (Å²) in [7, 11) is 0. The number of hydrogen-bond donors (Lipinski definition) is 2. The summed E-state index contributed by atoms with van der Waals surface area (Å²) in [5.74, 6) is -2.93. The lowest BCUT2D eigenvalue weighted by molar-refractivity contribution is -0.145. The van der Waals surface area contributed by atoms with Crippen LogP contribution in [0.1, 0.15) is 59.8 Å². The van der Waals surface area contributed by atoms with Gasteiger partial charge < -0.3 is 10.2 Å². The third kappa shape index (κ3) is 6.62. The molecule has 0 radical (unpaired) electrons. The Bertz CT molecular complexity index is 284. The van der Waals surface area contributed by atoms with Gasteiger partial charge in [-0.15, -0.1) is 0 Å². The summed E-state index contributed by atoms with van der Waals surface area (Å²) < 4.78 is 0. The highest BCUT2D eigenvalue weighted by atomic mass is 16.4. The van der Waals surface area contributed by atoms with Crippen molar-refractivity contribution in [3.63, 3.8) is 0 Å². The highest BCUT2D eigenvalue weighted by Gasteiger charge is 2.24. The molecular formula is C14H26O4. The lowest BCUT2D eigenvalue weighted by Crippen LogP contribution is -2.21. The van der Waals surface area contributed by atoms with Gasteiger partial charge in [-0.25, -0.2) is 0 Å². The van der Waals surface area contributed by atoms with Crippen molar-refractivity contribution in [1.82, 2.24) is 0 Å². The molecule has 4 heteroatoms. The first-order valence-electron chi connectivity index (χ1n) is 6.65. The van der Waals surface area contributed by atoms with Gasteiger partial charge in [0.05, 0.1) is 11.8 Å². The van der Waals surface area contributed by atoms with Crippen LogP contribution in [0.15, 0.2) is 0 Å². The lowest BCUT2D eigenvalue weighted by atomic mass is 9.82. The number of aliphatic carboxylic acids is 2. The number of rotatable bonds is 9. The quantitative estimate of drug-likeness (QED) is 0.664. The molecule has 0 aliphatic carbocycles. The van der Waals surface area contributed by atoms with Crippen LogP contribution in [0, 0.1) is 17.3 Å². The molecule has 0 rings (SSSR count). The van der Waals surface area contributed by atoms with Crippen LogP contribution >= 0.6 is 0 Å². The van der Waals surface area contributed by atoms with Crippen molar-refractivity contribution in [3.8, 4) is 0 Å². The zero-order valence-corrected chi connectivity index (χ0v) is 11.9. The van der Waals surface area contributed by atoms with Gasteiger partial charge in [-0.2, -0.15) is 0 Å². The van der Waals surface area contributed by atoms with Crippen molar-refractivity contribution < 1.29 is 19.8 Å². The molecule has 2 unspecified atom stereocenters. The number of carboxylic acids is 2. The van der Waals surface area contributed by atoms with Gasteiger partial charge in [0, 0.05) is 0 Å². The topological polar surface area (TPSA) is 74.6 Å². The summed E-state index contributed by atoms with van der Waals surface area (Å²) in [5.41, 5.74) is 0.238. The maximum atomic E-state index is 11.1. The van der Waals surface area contributed by atoms with E-state index in [-0.39, 0.29) is 11.8 Å². The van der Waals surface area contributed by atoms with Gasteiger partial charge in [0.2, 0.25) is 0 Å². The van der Waals surface area contributed by atoms with Gasteiger partial charge in [0.1, 0.15) is 0 Å². The first-order chi connectivity index (χ1) is 8.19. The van der Waals surface area contributed by atoms with Crippen molar-refractivity contribution >= 4 is 11.9 Å². The van der Waals surface area contributed by atoms with Crippen molar-refractivity contribution in [1.29, 1.82) is 0 Å². The first-order valence-corrected chi connectivity index (χ1v) is 6.65. The van der Waals surface area contributed by atoms with E-state index in [0.717, 1.165) is 19.3 Å². The number of carbonyl (C=O) groups is 2. The molecule has 4 nitrogen and oxygen atoms in total. The Kier molecular flexibility index (Phi) is 6.96. The fourth-order valence-corrected chi connectivity index (χ4v) is 1.87. The van der Waals surface area contributed by atoms with Crippen molar-refractivity contribution in [2.24, 2.45) is 17.3 Å². The predicted molar refractivity (Wildman–Crippen MR) is 70.5 cm³/mol.